The van der Waals surface area contributed by atoms with Gasteiger partial charge in [0.25, 0.3) is 0 Å². The Hall–Kier alpha value is -2.49. The highest BCUT2D eigenvalue weighted by atomic mass is 35.5. The van der Waals surface area contributed by atoms with Crippen molar-refractivity contribution in [2.24, 2.45) is 10.9 Å². The van der Waals surface area contributed by atoms with Gasteiger partial charge in [-0.1, -0.05) is 31.4 Å². The number of rotatable bonds is 5. The monoisotopic (exact) mass is 386 g/mol. The molecule has 0 bridgehead atoms. The van der Waals surface area contributed by atoms with Crippen molar-refractivity contribution in [2.75, 3.05) is 6.54 Å². The summed E-state index contributed by atoms with van der Waals surface area (Å²) >= 11 is 7.60. The molecule has 0 aliphatic heterocycles. The zero-order chi connectivity index (χ0) is 18.7. The molecule has 0 radical (unpaired) electrons. The van der Waals surface area contributed by atoms with Gasteiger partial charge in [0.2, 0.25) is 0 Å². The zero-order valence-corrected chi connectivity index (χ0v) is 16.1. The van der Waals surface area contributed by atoms with Gasteiger partial charge in [-0.25, -0.2) is 0 Å². The van der Waals surface area contributed by atoms with Gasteiger partial charge in [0.15, 0.2) is 5.49 Å². The van der Waals surface area contributed by atoms with E-state index in [1.54, 1.807) is 12.3 Å². The summed E-state index contributed by atoms with van der Waals surface area (Å²) in [6, 6.07) is 7.46. The third-order valence-corrected chi connectivity index (χ3v) is 4.92. The quantitative estimate of drug-likeness (QED) is 0.528. The summed E-state index contributed by atoms with van der Waals surface area (Å²) in [4.78, 5) is 5.20. The van der Waals surface area contributed by atoms with Gasteiger partial charge in [-0.15, -0.1) is 17.8 Å². The van der Waals surface area contributed by atoms with Crippen molar-refractivity contribution < 1.29 is 5.21 Å². The van der Waals surface area contributed by atoms with Crippen molar-refractivity contribution >= 4 is 22.9 Å². The van der Waals surface area contributed by atoms with Gasteiger partial charge >= 0.3 is 0 Å². The Bertz CT molecular complexity index is 1020. The van der Waals surface area contributed by atoms with E-state index in [9.17, 15) is 5.21 Å². The molecule has 0 aliphatic rings. The van der Waals surface area contributed by atoms with Gasteiger partial charge < -0.3 is 5.21 Å². The van der Waals surface area contributed by atoms with Crippen LogP contribution in [-0.2, 0) is 6.54 Å². The largest absolute Gasteiger partial charge is 0.427 e. The predicted molar refractivity (Wildman–Crippen MR) is 105 cm³/mol. The van der Waals surface area contributed by atoms with Gasteiger partial charge in [-0.3, -0.25) is 9.67 Å². The van der Waals surface area contributed by atoms with E-state index in [0.717, 1.165) is 37.3 Å². The molecule has 26 heavy (non-hydrogen) atoms. The fraction of sp³-hybridized carbons (Fsp3) is 0.263. The SMILES string of the molecule is C#CCN=c1cc(-c2cn(CC(C)C)nc2-c2ccc(Cl)s2)ccn1O. The fourth-order valence-electron chi connectivity index (χ4n) is 2.62. The van der Waals surface area contributed by atoms with Gasteiger partial charge in [-0.05, 0) is 35.7 Å². The number of halogens is 1. The average Bonchev–Trinajstić information content (AvgIpc) is 3.20. The number of nitrogens with zero attached hydrogens (tertiary/aromatic N) is 4. The van der Waals surface area contributed by atoms with E-state index in [2.05, 4.69) is 24.8 Å². The third-order valence-electron chi connectivity index (χ3n) is 3.68. The number of thiophene rings is 1. The normalized spacial score (nSPS) is 11.9. The molecule has 0 saturated heterocycles. The van der Waals surface area contributed by atoms with E-state index in [1.165, 1.54) is 11.3 Å². The van der Waals surface area contributed by atoms with Crippen molar-refractivity contribution in [3.8, 4) is 34.0 Å². The Morgan fingerprint density at radius 3 is 2.85 bits per heavy atom. The highest BCUT2D eigenvalue weighted by molar-refractivity contribution is 7.19. The van der Waals surface area contributed by atoms with Gasteiger partial charge in [0, 0.05) is 24.5 Å². The summed E-state index contributed by atoms with van der Waals surface area (Å²) < 4.78 is 3.62. The van der Waals surface area contributed by atoms with E-state index in [-0.39, 0.29) is 6.54 Å². The summed E-state index contributed by atoms with van der Waals surface area (Å²) in [5.74, 6) is 2.92. The molecule has 5 nitrogen and oxygen atoms in total. The van der Waals surface area contributed by atoms with E-state index >= 15 is 0 Å². The molecular formula is C19H19ClN4OS. The lowest BCUT2D eigenvalue weighted by atomic mass is 10.1. The molecule has 0 amide bonds. The van der Waals surface area contributed by atoms with Crippen LogP contribution < -0.4 is 5.49 Å². The van der Waals surface area contributed by atoms with Crippen LogP contribution in [0.3, 0.4) is 0 Å². The van der Waals surface area contributed by atoms with E-state index in [4.69, 9.17) is 23.1 Å². The second kappa shape index (κ2) is 7.81. The predicted octanol–water partition coefficient (Wildman–Crippen LogP) is 4.16. The van der Waals surface area contributed by atoms with Crippen LogP contribution in [-0.4, -0.2) is 26.3 Å². The molecule has 0 spiro atoms. The van der Waals surface area contributed by atoms with Crippen molar-refractivity contribution in [2.45, 2.75) is 20.4 Å². The molecule has 0 saturated carbocycles. The molecule has 1 N–H and O–H groups in total. The number of pyridine rings is 1. The Morgan fingerprint density at radius 1 is 1.38 bits per heavy atom. The molecule has 0 aromatic carbocycles. The maximum absolute atomic E-state index is 9.94. The van der Waals surface area contributed by atoms with Crippen molar-refractivity contribution in [1.29, 1.82) is 0 Å². The highest BCUT2D eigenvalue weighted by Crippen LogP contribution is 2.36. The molecule has 0 aliphatic carbocycles. The van der Waals surface area contributed by atoms with Crippen LogP contribution in [0.5, 0.6) is 0 Å². The lowest BCUT2D eigenvalue weighted by Crippen LogP contribution is -2.18. The molecule has 0 atom stereocenters. The van der Waals surface area contributed by atoms with Crippen LogP contribution in [0.25, 0.3) is 21.7 Å². The van der Waals surface area contributed by atoms with Crippen LogP contribution >= 0.6 is 22.9 Å². The highest BCUT2D eigenvalue weighted by Gasteiger charge is 2.16. The molecule has 0 fully saturated rings. The first kappa shape index (κ1) is 18.3. The Labute approximate surface area is 161 Å². The molecular weight excluding hydrogens is 368 g/mol. The lowest BCUT2D eigenvalue weighted by molar-refractivity contribution is 0.172. The second-order valence-corrected chi connectivity index (χ2v) is 7.96. The van der Waals surface area contributed by atoms with E-state index in [0.29, 0.717) is 11.4 Å². The van der Waals surface area contributed by atoms with Gasteiger partial charge in [0.1, 0.15) is 12.2 Å². The number of hydrogen-bond donors (Lipinski definition) is 1. The molecule has 3 rings (SSSR count). The first-order chi connectivity index (χ1) is 12.5. The molecule has 7 heteroatoms. The topological polar surface area (TPSA) is 55.3 Å². The fourth-order valence-corrected chi connectivity index (χ4v) is 3.66. The summed E-state index contributed by atoms with van der Waals surface area (Å²) in [5.41, 5.74) is 3.12. The standard InChI is InChI=1S/C19H19ClN4OS/c1-4-8-21-18-10-14(7-9-24(18)25)15-12-23(11-13(2)3)22-19(15)16-5-6-17(20)26-16/h1,5-7,9-10,12-13,25H,8,11H2,2-3H3. The molecule has 134 valence electrons. The molecule has 3 aromatic heterocycles. The van der Waals surface area contributed by atoms with Crippen molar-refractivity contribution in [3.05, 3.63) is 46.5 Å². The van der Waals surface area contributed by atoms with Crippen LogP contribution in [0.2, 0.25) is 4.34 Å². The third kappa shape index (κ3) is 4.01. The average molecular weight is 387 g/mol. The van der Waals surface area contributed by atoms with Crippen LogP contribution in [0, 0.1) is 18.3 Å². The molecule has 0 unspecified atom stereocenters. The second-order valence-electron chi connectivity index (χ2n) is 6.25. The van der Waals surface area contributed by atoms with E-state index in [1.807, 2.05) is 29.1 Å². The van der Waals surface area contributed by atoms with Gasteiger partial charge in [0.05, 0.1) is 9.21 Å². The first-order valence-electron chi connectivity index (χ1n) is 8.17. The smallest absolute Gasteiger partial charge is 0.164 e. The van der Waals surface area contributed by atoms with Crippen molar-refractivity contribution in [1.82, 2.24) is 14.5 Å². The summed E-state index contributed by atoms with van der Waals surface area (Å²) in [6.45, 7) is 5.31. The minimum atomic E-state index is 0.198. The minimum absolute atomic E-state index is 0.198. The summed E-state index contributed by atoms with van der Waals surface area (Å²) in [6.07, 6.45) is 8.84. The number of hydrogen-bond acceptors (Lipinski definition) is 4. The van der Waals surface area contributed by atoms with E-state index < -0.39 is 0 Å². The minimum Gasteiger partial charge on any atom is -0.427 e. The van der Waals surface area contributed by atoms with Crippen LogP contribution in [0.4, 0.5) is 0 Å². The lowest BCUT2D eigenvalue weighted by Gasteiger charge is -2.04. The Morgan fingerprint density at radius 2 is 2.19 bits per heavy atom. The maximum atomic E-state index is 9.94. The summed E-state index contributed by atoms with van der Waals surface area (Å²) in [7, 11) is 0. The molecule has 3 heterocycles. The van der Waals surface area contributed by atoms with Crippen LogP contribution in [0.1, 0.15) is 13.8 Å². The summed E-state index contributed by atoms with van der Waals surface area (Å²) in [5, 5.41) is 14.7. The van der Waals surface area contributed by atoms with Crippen molar-refractivity contribution in [3.63, 3.8) is 0 Å². The van der Waals surface area contributed by atoms with Gasteiger partial charge in [-0.2, -0.15) is 9.83 Å². The first-order valence-corrected chi connectivity index (χ1v) is 9.37. The Kier molecular flexibility index (Phi) is 5.50. The van der Waals surface area contributed by atoms with Crippen LogP contribution in [0.15, 0.2) is 41.7 Å². The zero-order valence-electron chi connectivity index (χ0n) is 14.6. The number of terminal acetylenes is 1. The Balaban J connectivity index is 2.14. The number of aromatic nitrogens is 3. The molecule has 3 aromatic rings. The maximum Gasteiger partial charge on any atom is 0.164 e.